The number of rotatable bonds is 3. The van der Waals surface area contributed by atoms with Gasteiger partial charge in [-0.15, -0.1) is 0 Å². The van der Waals surface area contributed by atoms with Crippen molar-refractivity contribution in [3.8, 4) is 0 Å². The first-order chi connectivity index (χ1) is 7.32. The summed E-state index contributed by atoms with van der Waals surface area (Å²) in [5, 5.41) is 17.6. The lowest BCUT2D eigenvalue weighted by Crippen LogP contribution is -2.49. The molecular formula is C10H15N3O3. The van der Waals surface area contributed by atoms with Gasteiger partial charge in [0.1, 0.15) is 6.04 Å². The highest BCUT2D eigenvalue weighted by Crippen LogP contribution is 2.19. The first-order valence-electron chi connectivity index (χ1n) is 4.85. The Kier molecular flexibility index (Phi) is 3.31. The minimum absolute atomic E-state index is 0.315. The summed E-state index contributed by atoms with van der Waals surface area (Å²) in [4.78, 5) is 22.6. The summed E-state index contributed by atoms with van der Waals surface area (Å²) in [6.07, 6.45) is 2.76. The lowest BCUT2D eigenvalue weighted by Gasteiger charge is -2.27. The van der Waals surface area contributed by atoms with Gasteiger partial charge in [-0.2, -0.15) is 5.10 Å². The number of carbonyl (C=O) groups is 2. The summed E-state index contributed by atoms with van der Waals surface area (Å²) in [6.45, 7) is 5.25. The molecule has 1 amide bonds. The molecule has 6 nitrogen and oxygen atoms in total. The second-order valence-corrected chi connectivity index (χ2v) is 4.60. The molecule has 6 heteroatoms. The predicted molar refractivity (Wildman–Crippen MR) is 56.9 cm³/mol. The molecule has 0 fully saturated rings. The molecule has 0 spiro atoms. The molecule has 88 valence electrons. The van der Waals surface area contributed by atoms with Crippen molar-refractivity contribution in [3.05, 3.63) is 18.0 Å². The zero-order chi connectivity index (χ0) is 12.3. The lowest BCUT2D eigenvalue weighted by atomic mass is 9.86. The fraction of sp³-hybridized carbons (Fsp3) is 0.500. The Morgan fingerprint density at radius 2 is 2.12 bits per heavy atom. The molecule has 0 saturated carbocycles. The summed E-state index contributed by atoms with van der Waals surface area (Å²) < 4.78 is 0. The molecule has 0 bridgehead atoms. The van der Waals surface area contributed by atoms with Crippen LogP contribution < -0.4 is 5.32 Å². The Bertz CT molecular complexity index is 379. The standard InChI is InChI=1S/C10H15N3O3/c1-10(2,3)7(9(15)16)13-8(14)6-4-11-12-5-6/h4-5,7H,1-3H3,(H,11,12)(H,13,14)(H,15,16)/t7-/m1/s1. The van der Waals surface area contributed by atoms with Crippen LogP contribution in [0.1, 0.15) is 31.1 Å². The number of aromatic nitrogens is 2. The Balaban J connectivity index is 2.78. The number of carbonyl (C=O) groups excluding carboxylic acids is 1. The fourth-order valence-corrected chi connectivity index (χ4v) is 1.24. The van der Waals surface area contributed by atoms with Crippen LogP contribution in [-0.4, -0.2) is 33.2 Å². The van der Waals surface area contributed by atoms with Gasteiger partial charge in [0, 0.05) is 6.20 Å². The third kappa shape index (κ3) is 2.82. The molecule has 0 saturated heterocycles. The predicted octanol–water partition coefficient (Wildman–Crippen LogP) is 0.639. The van der Waals surface area contributed by atoms with Gasteiger partial charge in [0.25, 0.3) is 5.91 Å². The van der Waals surface area contributed by atoms with Gasteiger partial charge >= 0.3 is 5.97 Å². The van der Waals surface area contributed by atoms with Crippen molar-refractivity contribution in [2.45, 2.75) is 26.8 Å². The average Bonchev–Trinajstić information content (AvgIpc) is 2.63. The van der Waals surface area contributed by atoms with E-state index >= 15 is 0 Å². The quantitative estimate of drug-likeness (QED) is 0.703. The number of carboxylic acid groups (broad SMARTS) is 1. The van der Waals surface area contributed by atoms with Gasteiger partial charge in [-0.25, -0.2) is 4.79 Å². The van der Waals surface area contributed by atoms with Crippen LogP contribution in [-0.2, 0) is 4.79 Å². The number of hydrogen-bond donors (Lipinski definition) is 3. The van der Waals surface area contributed by atoms with Crippen molar-refractivity contribution in [1.82, 2.24) is 15.5 Å². The Morgan fingerprint density at radius 3 is 2.50 bits per heavy atom. The molecule has 1 aromatic heterocycles. The maximum absolute atomic E-state index is 11.6. The van der Waals surface area contributed by atoms with Gasteiger partial charge in [-0.05, 0) is 5.41 Å². The second-order valence-electron chi connectivity index (χ2n) is 4.60. The van der Waals surface area contributed by atoms with E-state index in [0.717, 1.165) is 0 Å². The average molecular weight is 225 g/mol. The van der Waals surface area contributed by atoms with Crippen LogP contribution in [0.2, 0.25) is 0 Å². The normalized spacial score (nSPS) is 13.2. The molecule has 0 aromatic carbocycles. The summed E-state index contributed by atoms with van der Waals surface area (Å²) in [6, 6.07) is -0.935. The first kappa shape index (κ1) is 12.2. The van der Waals surface area contributed by atoms with E-state index in [9.17, 15) is 9.59 Å². The van der Waals surface area contributed by atoms with Crippen molar-refractivity contribution < 1.29 is 14.7 Å². The lowest BCUT2D eigenvalue weighted by molar-refractivity contribution is -0.142. The molecule has 16 heavy (non-hydrogen) atoms. The number of hydrogen-bond acceptors (Lipinski definition) is 3. The molecular weight excluding hydrogens is 210 g/mol. The Labute approximate surface area is 93.1 Å². The summed E-state index contributed by atoms with van der Waals surface area (Å²) >= 11 is 0. The highest BCUT2D eigenvalue weighted by molar-refractivity contribution is 5.96. The van der Waals surface area contributed by atoms with E-state index in [0.29, 0.717) is 5.56 Å². The smallest absolute Gasteiger partial charge is 0.326 e. The largest absolute Gasteiger partial charge is 0.480 e. The molecule has 1 rings (SSSR count). The maximum atomic E-state index is 11.6. The van der Waals surface area contributed by atoms with Crippen molar-refractivity contribution >= 4 is 11.9 Å². The van der Waals surface area contributed by atoms with Crippen LogP contribution in [0.5, 0.6) is 0 Å². The van der Waals surface area contributed by atoms with Gasteiger partial charge in [-0.3, -0.25) is 9.89 Å². The zero-order valence-electron chi connectivity index (χ0n) is 9.44. The highest BCUT2D eigenvalue weighted by atomic mass is 16.4. The number of carboxylic acids is 1. The van der Waals surface area contributed by atoms with Gasteiger partial charge in [0.2, 0.25) is 0 Å². The summed E-state index contributed by atoms with van der Waals surface area (Å²) in [5.74, 6) is -1.50. The summed E-state index contributed by atoms with van der Waals surface area (Å²) in [7, 11) is 0. The van der Waals surface area contributed by atoms with Crippen LogP contribution in [0.15, 0.2) is 12.4 Å². The van der Waals surface area contributed by atoms with E-state index in [2.05, 4.69) is 15.5 Å². The molecule has 1 aromatic rings. The molecule has 0 aliphatic heterocycles. The van der Waals surface area contributed by atoms with Crippen molar-refractivity contribution in [2.24, 2.45) is 5.41 Å². The number of nitrogens with zero attached hydrogens (tertiary/aromatic N) is 1. The Hall–Kier alpha value is -1.85. The molecule has 0 aliphatic rings. The minimum Gasteiger partial charge on any atom is -0.480 e. The minimum atomic E-state index is -1.05. The van der Waals surface area contributed by atoms with Gasteiger partial charge in [-0.1, -0.05) is 20.8 Å². The highest BCUT2D eigenvalue weighted by Gasteiger charge is 2.32. The van der Waals surface area contributed by atoms with Crippen molar-refractivity contribution in [1.29, 1.82) is 0 Å². The third-order valence-corrected chi connectivity index (χ3v) is 2.15. The number of amides is 1. The molecule has 0 radical (unpaired) electrons. The van der Waals surface area contributed by atoms with Crippen LogP contribution in [0.3, 0.4) is 0 Å². The first-order valence-corrected chi connectivity index (χ1v) is 4.85. The number of H-pyrrole nitrogens is 1. The van der Waals surface area contributed by atoms with E-state index in [1.165, 1.54) is 12.4 Å². The molecule has 1 atom stereocenters. The van der Waals surface area contributed by atoms with Crippen LogP contribution >= 0.6 is 0 Å². The second kappa shape index (κ2) is 4.34. The van der Waals surface area contributed by atoms with E-state index in [1.54, 1.807) is 20.8 Å². The SMILES string of the molecule is CC(C)(C)[C@H](NC(=O)c1cn[nH]c1)C(=O)O. The Morgan fingerprint density at radius 1 is 1.50 bits per heavy atom. The summed E-state index contributed by atoms with van der Waals surface area (Å²) in [5.41, 5.74) is -0.235. The number of nitrogens with one attached hydrogen (secondary N) is 2. The van der Waals surface area contributed by atoms with Gasteiger partial charge in [0.05, 0.1) is 11.8 Å². The molecule has 0 unspecified atom stereocenters. The monoisotopic (exact) mass is 225 g/mol. The van der Waals surface area contributed by atoms with E-state index < -0.39 is 23.3 Å². The van der Waals surface area contributed by atoms with Crippen LogP contribution in [0.4, 0.5) is 0 Å². The van der Waals surface area contributed by atoms with E-state index in [1.807, 2.05) is 0 Å². The fourth-order valence-electron chi connectivity index (χ4n) is 1.24. The third-order valence-electron chi connectivity index (χ3n) is 2.15. The van der Waals surface area contributed by atoms with Crippen LogP contribution in [0, 0.1) is 5.41 Å². The number of aromatic amines is 1. The van der Waals surface area contributed by atoms with Gasteiger partial charge < -0.3 is 10.4 Å². The van der Waals surface area contributed by atoms with Crippen molar-refractivity contribution in [2.75, 3.05) is 0 Å². The molecule has 1 heterocycles. The van der Waals surface area contributed by atoms with E-state index in [-0.39, 0.29) is 0 Å². The van der Waals surface area contributed by atoms with Gasteiger partial charge in [0.15, 0.2) is 0 Å². The number of aliphatic carboxylic acids is 1. The topological polar surface area (TPSA) is 95.1 Å². The maximum Gasteiger partial charge on any atom is 0.326 e. The molecule has 0 aliphatic carbocycles. The zero-order valence-corrected chi connectivity index (χ0v) is 9.44. The van der Waals surface area contributed by atoms with Crippen molar-refractivity contribution in [3.63, 3.8) is 0 Å². The molecule has 3 N–H and O–H groups in total. The van der Waals surface area contributed by atoms with Crippen LogP contribution in [0.25, 0.3) is 0 Å². The van der Waals surface area contributed by atoms with E-state index in [4.69, 9.17) is 5.11 Å².